The van der Waals surface area contributed by atoms with Crippen LogP contribution in [0.5, 0.6) is 0 Å². The lowest BCUT2D eigenvalue weighted by molar-refractivity contribution is -0.135. The summed E-state index contributed by atoms with van der Waals surface area (Å²) < 4.78 is 5.70. The first-order valence-corrected chi connectivity index (χ1v) is 8.49. The SMILES string of the molecule is CCc1oc(C(=O)N2CCCC(N3CCNCC3=O)C2)cc1C.Cl. The smallest absolute Gasteiger partial charge is 0.289 e. The first kappa shape index (κ1) is 18.8. The van der Waals surface area contributed by atoms with Crippen LogP contribution in [-0.2, 0) is 11.2 Å². The summed E-state index contributed by atoms with van der Waals surface area (Å²) in [6, 6.07) is 1.96. The summed E-state index contributed by atoms with van der Waals surface area (Å²) in [6.45, 7) is 7.29. The van der Waals surface area contributed by atoms with E-state index in [9.17, 15) is 9.59 Å². The average Bonchev–Trinajstić information content (AvgIpc) is 2.95. The molecule has 1 unspecified atom stereocenters. The molecule has 3 rings (SSSR count). The summed E-state index contributed by atoms with van der Waals surface area (Å²) in [5.74, 6) is 1.38. The number of furan rings is 1. The van der Waals surface area contributed by atoms with Gasteiger partial charge in [-0.15, -0.1) is 12.4 Å². The van der Waals surface area contributed by atoms with E-state index in [2.05, 4.69) is 5.32 Å². The van der Waals surface area contributed by atoms with Crippen molar-refractivity contribution in [2.24, 2.45) is 0 Å². The summed E-state index contributed by atoms with van der Waals surface area (Å²) in [7, 11) is 0. The van der Waals surface area contributed by atoms with Gasteiger partial charge in [0.15, 0.2) is 5.76 Å². The second kappa shape index (κ2) is 8.03. The van der Waals surface area contributed by atoms with Crippen LogP contribution in [0.4, 0.5) is 0 Å². The van der Waals surface area contributed by atoms with E-state index in [0.29, 0.717) is 18.8 Å². The number of halogens is 1. The van der Waals surface area contributed by atoms with E-state index in [4.69, 9.17) is 4.42 Å². The molecule has 3 heterocycles. The molecule has 1 aromatic rings. The number of nitrogens with zero attached hydrogens (tertiary/aromatic N) is 2. The van der Waals surface area contributed by atoms with Gasteiger partial charge in [0.1, 0.15) is 5.76 Å². The van der Waals surface area contributed by atoms with Crippen molar-refractivity contribution >= 4 is 24.2 Å². The molecule has 2 amide bonds. The monoisotopic (exact) mass is 355 g/mol. The van der Waals surface area contributed by atoms with Gasteiger partial charge in [0, 0.05) is 38.6 Å². The maximum Gasteiger partial charge on any atom is 0.289 e. The van der Waals surface area contributed by atoms with Gasteiger partial charge in [-0.05, 0) is 31.4 Å². The van der Waals surface area contributed by atoms with Crippen molar-refractivity contribution in [3.05, 3.63) is 23.2 Å². The van der Waals surface area contributed by atoms with E-state index in [-0.39, 0.29) is 30.3 Å². The maximum absolute atomic E-state index is 12.7. The van der Waals surface area contributed by atoms with Crippen molar-refractivity contribution in [1.82, 2.24) is 15.1 Å². The number of carbonyl (C=O) groups is 2. The van der Waals surface area contributed by atoms with Crippen LogP contribution in [-0.4, -0.2) is 60.4 Å². The minimum Gasteiger partial charge on any atom is -0.456 e. The highest BCUT2D eigenvalue weighted by molar-refractivity contribution is 5.92. The van der Waals surface area contributed by atoms with Crippen LogP contribution in [0.2, 0.25) is 0 Å². The lowest BCUT2D eigenvalue weighted by atomic mass is 10.0. The highest BCUT2D eigenvalue weighted by Crippen LogP contribution is 2.21. The van der Waals surface area contributed by atoms with Crippen molar-refractivity contribution in [3.8, 4) is 0 Å². The van der Waals surface area contributed by atoms with Gasteiger partial charge in [0.25, 0.3) is 5.91 Å². The van der Waals surface area contributed by atoms with Crippen LogP contribution in [0, 0.1) is 6.92 Å². The Balaban J connectivity index is 0.00000208. The lowest BCUT2D eigenvalue weighted by Gasteiger charge is -2.40. The third kappa shape index (κ3) is 3.75. The Morgan fingerprint density at radius 2 is 2.21 bits per heavy atom. The van der Waals surface area contributed by atoms with Crippen LogP contribution in [0.25, 0.3) is 0 Å². The van der Waals surface area contributed by atoms with E-state index in [1.807, 2.05) is 29.7 Å². The molecule has 1 aromatic heterocycles. The Bertz CT molecular complexity index is 602. The Labute approximate surface area is 149 Å². The van der Waals surface area contributed by atoms with Crippen LogP contribution in [0.15, 0.2) is 10.5 Å². The van der Waals surface area contributed by atoms with E-state index in [0.717, 1.165) is 50.2 Å². The van der Waals surface area contributed by atoms with Crippen LogP contribution < -0.4 is 5.32 Å². The maximum atomic E-state index is 12.7. The third-order valence-corrected chi connectivity index (χ3v) is 4.80. The van der Waals surface area contributed by atoms with Gasteiger partial charge >= 0.3 is 0 Å². The number of piperidine rings is 1. The quantitative estimate of drug-likeness (QED) is 0.894. The van der Waals surface area contributed by atoms with E-state index < -0.39 is 0 Å². The molecule has 134 valence electrons. The molecular formula is C17H26ClN3O3. The molecule has 0 bridgehead atoms. The van der Waals surface area contributed by atoms with Gasteiger partial charge in [-0.25, -0.2) is 0 Å². The number of aryl methyl sites for hydroxylation is 2. The standard InChI is InChI=1S/C17H25N3O3.ClH/c1-3-14-12(2)9-15(23-14)17(22)19-7-4-5-13(11-19)20-8-6-18-10-16(20)21;/h9,13,18H,3-8,10-11H2,1-2H3;1H. The zero-order chi connectivity index (χ0) is 16.4. The Morgan fingerprint density at radius 1 is 1.42 bits per heavy atom. The minimum atomic E-state index is -0.0555. The second-order valence-corrected chi connectivity index (χ2v) is 6.38. The number of nitrogens with one attached hydrogen (secondary N) is 1. The second-order valence-electron chi connectivity index (χ2n) is 6.38. The van der Waals surface area contributed by atoms with Gasteiger partial charge in [-0.1, -0.05) is 6.92 Å². The Kier molecular flexibility index (Phi) is 6.29. The molecule has 0 saturated carbocycles. The van der Waals surface area contributed by atoms with Gasteiger partial charge < -0.3 is 19.5 Å². The number of likely N-dealkylation sites (tertiary alicyclic amines) is 1. The zero-order valence-electron chi connectivity index (χ0n) is 14.3. The fourth-order valence-electron chi connectivity index (χ4n) is 3.53. The largest absolute Gasteiger partial charge is 0.456 e. The van der Waals surface area contributed by atoms with Crippen LogP contribution in [0.1, 0.15) is 41.6 Å². The molecule has 1 atom stereocenters. The number of hydrogen-bond acceptors (Lipinski definition) is 4. The Hall–Kier alpha value is -1.53. The third-order valence-electron chi connectivity index (χ3n) is 4.80. The normalized spacial score (nSPS) is 21.6. The molecule has 2 saturated heterocycles. The molecular weight excluding hydrogens is 330 g/mol. The first-order valence-electron chi connectivity index (χ1n) is 8.49. The van der Waals surface area contributed by atoms with E-state index in [1.54, 1.807) is 0 Å². The fraction of sp³-hybridized carbons (Fsp3) is 0.647. The van der Waals surface area contributed by atoms with Crippen molar-refractivity contribution in [3.63, 3.8) is 0 Å². The molecule has 2 fully saturated rings. The van der Waals surface area contributed by atoms with Crippen LogP contribution >= 0.6 is 12.4 Å². The fourth-order valence-corrected chi connectivity index (χ4v) is 3.53. The summed E-state index contributed by atoms with van der Waals surface area (Å²) in [5.41, 5.74) is 1.03. The highest BCUT2D eigenvalue weighted by atomic mass is 35.5. The molecule has 0 radical (unpaired) electrons. The Morgan fingerprint density at radius 3 is 2.88 bits per heavy atom. The summed E-state index contributed by atoms with van der Waals surface area (Å²) in [5, 5.41) is 3.09. The molecule has 0 aliphatic carbocycles. The number of carbonyl (C=O) groups excluding carboxylic acids is 2. The van der Waals surface area contributed by atoms with E-state index in [1.165, 1.54) is 0 Å². The van der Waals surface area contributed by atoms with Crippen molar-refractivity contribution < 1.29 is 14.0 Å². The molecule has 0 aromatic carbocycles. The average molecular weight is 356 g/mol. The van der Waals surface area contributed by atoms with Gasteiger partial charge in [0.2, 0.25) is 5.91 Å². The highest BCUT2D eigenvalue weighted by Gasteiger charge is 2.32. The summed E-state index contributed by atoms with van der Waals surface area (Å²) in [4.78, 5) is 28.5. The van der Waals surface area contributed by atoms with Crippen molar-refractivity contribution in [2.75, 3.05) is 32.7 Å². The lowest BCUT2D eigenvalue weighted by Crippen LogP contribution is -2.57. The van der Waals surface area contributed by atoms with E-state index >= 15 is 0 Å². The van der Waals surface area contributed by atoms with Gasteiger partial charge in [0.05, 0.1) is 6.54 Å². The molecule has 1 N–H and O–H groups in total. The molecule has 7 heteroatoms. The zero-order valence-corrected chi connectivity index (χ0v) is 15.2. The molecule has 2 aliphatic rings. The minimum absolute atomic E-state index is 0. The topological polar surface area (TPSA) is 65.8 Å². The molecule has 6 nitrogen and oxygen atoms in total. The number of rotatable bonds is 3. The van der Waals surface area contributed by atoms with Crippen molar-refractivity contribution in [1.29, 1.82) is 0 Å². The van der Waals surface area contributed by atoms with Crippen LogP contribution in [0.3, 0.4) is 0 Å². The number of piperazine rings is 1. The number of amides is 2. The van der Waals surface area contributed by atoms with Gasteiger partial charge in [-0.3, -0.25) is 9.59 Å². The molecule has 2 aliphatic heterocycles. The van der Waals surface area contributed by atoms with Crippen molar-refractivity contribution in [2.45, 2.75) is 39.2 Å². The predicted octanol–water partition coefficient (Wildman–Crippen LogP) is 1.61. The molecule has 0 spiro atoms. The predicted molar refractivity (Wildman–Crippen MR) is 93.6 cm³/mol. The van der Waals surface area contributed by atoms with Gasteiger partial charge in [-0.2, -0.15) is 0 Å². The number of hydrogen-bond donors (Lipinski definition) is 1. The summed E-state index contributed by atoms with van der Waals surface area (Å²) in [6.07, 6.45) is 2.68. The summed E-state index contributed by atoms with van der Waals surface area (Å²) >= 11 is 0. The first-order chi connectivity index (χ1) is 11.1. The molecule has 24 heavy (non-hydrogen) atoms.